The molecule has 0 radical (unpaired) electrons. The third-order valence-electron chi connectivity index (χ3n) is 1.97. The normalized spacial score (nSPS) is 9.67. The van der Waals surface area contributed by atoms with Crippen LogP contribution in [-0.2, 0) is 0 Å². The minimum Gasteiger partial charge on any atom is -0.331 e. The van der Waals surface area contributed by atoms with E-state index in [1.807, 2.05) is 0 Å². The predicted molar refractivity (Wildman–Crippen MR) is 45.2 cm³/mol. The molecule has 0 unspecified atom stereocenters. The van der Waals surface area contributed by atoms with E-state index in [9.17, 15) is 0 Å². The summed E-state index contributed by atoms with van der Waals surface area (Å²) in [5.74, 6) is 0. The molecule has 0 saturated heterocycles. The Morgan fingerprint density at radius 2 is 1.78 bits per heavy atom. The third kappa shape index (κ3) is 4.52. The van der Waals surface area contributed by atoms with E-state index in [0.717, 1.165) is 13.3 Å². The second kappa shape index (κ2) is 6.15. The van der Waals surface area contributed by atoms with Gasteiger partial charge < -0.3 is 5.73 Å². The fourth-order valence-electron chi connectivity index (χ4n) is 1.10. The average Bonchev–Trinajstić information content (AvgIpc) is 1.91. The predicted octanol–water partition coefficient (Wildman–Crippen LogP) is 1.87. The number of nitrogens with two attached hydrogens (primary N) is 1. The van der Waals surface area contributed by atoms with Crippen LogP contribution < -0.4 is 5.73 Å². The Hall–Kier alpha value is 0.0249. The van der Waals surface area contributed by atoms with Crippen molar-refractivity contribution in [1.29, 1.82) is 0 Å². The number of hydrogen-bond acceptors (Lipinski definition) is 1. The lowest BCUT2D eigenvalue weighted by Crippen LogP contribution is -2.11. The highest BCUT2D eigenvalue weighted by Crippen LogP contribution is 2.05. The van der Waals surface area contributed by atoms with Crippen molar-refractivity contribution in [3.63, 3.8) is 0 Å². The number of rotatable bonds is 5. The lowest BCUT2D eigenvalue weighted by molar-refractivity contribution is 0.912. The van der Waals surface area contributed by atoms with Crippen LogP contribution in [0.1, 0.15) is 20.3 Å². The zero-order valence-corrected chi connectivity index (χ0v) is 6.69. The minimum absolute atomic E-state index is 0.858. The molecule has 0 aromatic carbocycles. The largest absolute Gasteiger partial charge is 0.331 e. The van der Waals surface area contributed by atoms with E-state index in [4.69, 9.17) is 5.73 Å². The minimum atomic E-state index is 0.858. The molecule has 0 atom stereocenters. The summed E-state index contributed by atoms with van der Waals surface area (Å²) in [5, 5.41) is 0. The molecular formula is C7H18BN. The van der Waals surface area contributed by atoms with Crippen molar-refractivity contribution in [1.82, 2.24) is 0 Å². The molecule has 9 heavy (non-hydrogen) atoms. The smallest absolute Gasteiger partial charge is 0.139 e. The summed E-state index contributed by atoms with van der Waals surface area (Å²) in [6.07, 6.45) is 5.16. The van der Waals surface area contributed by atoms with Gasteiger partial charge in [0.2, 0.25) is 0 Å². The summed E-state index contributed by atoms with van der Waals surface area (Å²) in [6.45, 7) is 6.29. The van der Waals surface area contributed by atoms with E-state index < -0.39 is 0 Å². The second-order valence-corrected chi connectivity index (χ2v) is 2.61. The van der Waals surface area contributed by atoms with Gasteiger partial charge in [-0.25, -0.2) is 0 Å². The van der Waals surface area contributed by atoms with Crippen molar-refractivity contribution in [2.24, 2.45) is 5.73 Å². The van der Waals surface area contributed by atoms with Crippen LogP contribution in [-0.4, -0.2) is 13.3 Å². The SMILES string of the molecule is CCB(CC)CCCN. The summed E-state index contributed by atoms with van der Waals surface area (Å²) < 4.78 is 0. The molecule has 1 nitrogen and oxygen atoms in total. The van der Waals surface area contributed by atoms with Crippen molar-refractivity contribution in [3.8, 4) is 0 Å². The Bertz CT molecular complexity index is 52.9. The van der Waals surface area contributed by atoms with Crippen LogP contribution in [0, 0.1) is 0 Å². The van der Waals surface area contributed by atoms with Crippen LogP contribution in [0.2, 0.25) is 19.0 Å². The van der Waals surface area contributed by atoms with Gasteiger partial charge in [0.25, 0.3) is 0 Å². The standard InChI is InChI=1S/C7H18BN/c1-3-8(4-2)6-5-7-9/h3-7,9H2,1-2H3. The molecule has 0 aromatic rings. The first-order chi connectivity index (χ1) is 4.35. The molecule has 54 valence electrons. The molecule has 0 spiro atoms. The van der Waals surface area contributed by atoms with E-state index in [1.165, 1.54) is 25.4 Å². The molecule has 0 fully saturated rings. The molecule has 0 aliphatic heterocycles. The first kappa shape index (κ1) is 9.02. The molecule has 2 N–H and O–H groups in total. The topological polar surface area (TPSA) is 26.0 Å². The summed E-state index contributed by atoms with van der Waals surface area (Å²) in [5.41, 5.74) is 5.39. The molecule has 0 saturated carbocycles. The Kier molecular flexibility index (Phi) is 6.17. The molecule has 0 bridgehead atoms. The maximum atomic E-state index is 5.39. The molecule has 0 aliphatic rings. The van der Waals surface area contributed by atoms with Crippen LogP contribution in [0.5, 0.6) is 0 Å². The van der Waals surface area contributed by atoms with Crippen LogP contribution in [0.3, 0.4) is 0 Å². The van der Waals surface area contributed by atoms with Gasteiger partial charge in [0.1, 0.15) is 6.71 Å². The Morgan fingerprint density at radius 3 is 2.11 bits per heavy atom. The van der Waals surface area contributed by atoms with Crippen LogP contribution in [0.4, 0.5) is 0 Å². The lowest BCUT2D eigenvalue weighted by atomic mass is 9.43. The number of hydrogen-bond donors (Lipinski definition) is 1. The molecular weight excluding hydrogens is 109 g/mol. The molecule has 0 amide bonds. The molecule has 2 heteroatoms. The van der Waals surface area contributed by atoms with Gasteiger partial charge >= 0.3 is 0 Å². The second-order valence-electron chi connectivity index (χ2n) is 2.61. The Labute approximate surface area is 59.1 Å². The summed E-state index contributed by atoms with van der Waals surface area (Å²) in [4.78, 5) is 0. The van der Waals surface area contributed by atoms with Crippen molar-refractivity contribution < 1.29 is 0 Å². The summed E-state index contributed by atoms with van der Waals surface area (Å²) >= 11 is 0. The van der Waals surface area contributed by atoms with Crippen molar-refractivity contribution in [2.45, 2.75) is 39.2 Å². The van der Waals surface area contributed by atoms with Gasteiger partial charge in [-0.3, -0.25) is 0 Å². The van der Waals surface area contributed by atoms with Crippen molar-refractivity contribution in [3.05, 3.63) is 0 Å². The molecule has 0 rings (SSSR count). The van der Waals surface area contributed by atoms with E-state index in [2.05, 4.69) is 13.8 Å². The zero-order chi connectivity index (χ0) is 7.11. The van der Waals surface area contributed by atoms with Gasteiger partial charge in [-0.2, -0.15) is 0 Å². The molecule has 0 aliphatic carbocycles. The quantitative estimate of drug-likeness (QED) is 0.560. The van der Waals surface area contributed by atoms with Gasteiger partial charge in [0, 0.05) is 0 Å². The van der Waals surface area contributed by atoms with Gasteiger partial charge in [0.15, 0.2) is 0 Å². The third-order valence-corrected chi connectivity index (χ3v) is 1.97. The van der Waals surface area contributed by atoms with Crippen LogP contribution in [0.15, 0.2) is 0 Å². The average molecular weight is 127 g/mol. The van der Waals surface area contributed by atoms with E-state index in [0.29, 0.717) is 0 Å². The maximum absolute atomic E-state index is 5.39. The lowest BCUT2D eigenvalue weighted by Gasteiger charge is -2.05. The fraction of sp³-hybridized carbons (Fsp3) is 1.00. The highest BCUT2D eigenvalue weighted by Gasteiger charge is 2.05. The van der Waals surface area contributed by atoms with Crippen molar-refractivity contribution in [2.75, 3.05) is 6.54 Å². The van der Waals surface area contributed by atoms with Gasteiger partial charge in [0.05, 0.1) is 0 Å². The highest BCUT2D eigenvalue weighted by molar-refractivity contribution is 6.58. The van der Waals surface area contributed by atoms with Crippen LogP contribution in [0.25, 0.3) is 0 Å². The molecule has 0 heterocycles. The van der Waals surface area contributed by atoms with E-state index in [-0.39, 0.29) is 0 Å². The first-order valence-electron chi connectivity index (χ1n) is 4.05. The van der Waals surface area contributed by atoms with Gasteiger partial charge in [-0.15, -0.1) is 0 Å². The van der Waals surface area contributed by atoms with E-state index >= 15 is 0 Å². The van der Waals surface area contributed by atoms with Gasteiger partial charge in [-0.05, 0) is 13.0 Å². The van der Waals surface area contributed by atoms with Gasteiger partial charge in [-0.1, -0.05) is 32.8 Å². The van der Waals surface area contributed by atoms with Crippen LogP contribution >= 0.6 is 0 Å². The molecule has 0 aromatic heterocycles. The fourth-order valence-corrected chi connectivity index (χ4v) is 1.10. The monoisotopic (exact) mass is 127 g/mol. The van der Waals surface area contributed by atoms with E-state index in [1.54, 1.807) is 0 Å². The summed E-state index contributed by atoms with van der Waals surface area (Å²) in [7, 11) is 0. The highest BCUT2D eigenvalue weighted by atomic mass is 14.5. The summed E-state index contributed by atoms with van der Waals surface area (Å²) in [6, 6.07) is 0. The first-order valence-corrected chi connectivity index (χ1v) is 4.05. The Balaban J connectivity index is 3.09. The Morgan fingerprint density at radius 1 is 1.22 bits per heavy atom. The zero-order valence-electron chi connectivity index (χ0n) is 6.69. The maximum Gasteiger partial charge on any atom is 0.139 e. The van der Waals surface area contributed by atoms with Crippen molar-refractivity contribution >= 4 is 6.71 Å².